The molecule has 3 N–H and O–H groups in total. The van der Waals surface area contributed by atoms with Gasteiger partial charge < -0.3 is 20.5 Å². The van der Waals surface area contributed by atoms with Crippen LogP contribution in [0.4, 0.5) is 10.5 Å². The van der Waals surface area contributed by atoms with Gasteiger partial charge in [0.15, 0.2) is 5.82 Å². The van der Waals surface area contributed by atoms with Crippen LogP contribution >= 0.6 is 11.6 Å². The molecule has 1 aromatic heterocycles. The van der Waals surface area contributed by atoms with Crippen molar-refractivity contribution < 1.29 is 9.32 Å². The number of hydrogen-bond acceptors (Lipinski definition) is 5. The van der Waals surface area contributed by atoms with Crippen LogP contribution in [0.5, 0.6) is 0 Å². The van der Waals surface area contributed by atoms with E-state index in [4.69, 9.17) is 16.1 Å². The summed E-state index contributed by atoms with van der Waals surface area (Å²) in [6, 6.07) is 5.05. The van der Waals surface area contributed by atoms with Gasteiger partial charge in [0.1, 0.15) is 0 Å². The van der Waals surface area contributed by atoms with E-state index < -0.39 is 0 Å². The molecule has 25 heavy (non-hydrogen) atoms. The molecule has 2 amide bonds. The molecule has 1 aromatic carbocycles. The minimum atomic E-state index is -0.329. The summed E-state index contributed by atoms with van der Waals surface area (Å²) in [6.45, 7) is 7.76. The molecular weight excluding hydrogens is 342 g/mol. The van der Waals surface area contributed by atoms with Crippen LogP contribution in [0, 0.1) is 0 Å². The van der Waals surface area contributed by atoms with E-state index in [0.29, 0.717) is 34.4 Å². The number of nitrogens with one attached hydrogen (secondary N) is 3. The third-order valence-corrected chi connectivity index (χ3v) is 3.72. The minimum absolute atomic E-state index is 0.231. The molecule has 136 valence electrons. The highest BCUT2D eigenvalue weighted by Gasteiger charge is 2.17. The molecule has 1 heterocycles. The Bertz CT molecular complexity index is 739. The SMILES string of the molecule is CNC(C)Cc1noc(-c2cc(NC(=O)NC(C)(C)C)ccc2Cl)n1. The van der Waals surface area contributed by atoms with Crippen molar-refractivity contribution in [2.45, 2.75) is 45.7 Å². The maximum Gasteiger partial charge on any atom is 0.319 e. The standard InChI is InChI=1S/C17H24ClN5O2/c1-10(19-5)8-14-21-15(25-23-14)12-9-11(6-7-13(12)18)20-16(24)22-17(2,3)4/h6-7,9-10,19H,8H2,1-5H3,(H2,20,22,24). The Balaban J connectivity index is 2.17. The zero-order valence-corrected chi connectivity index (χ0v) is 15.9. The molecule has 0 aliphatic carbocycles. The number of nitrogens with zero attached hydrogens (tertiary/aromatic N) is 2. The Morgan fingerprint density at radius 1 is 1.36 bits per heavy atom. The van der Waals surface area contributed by atoms with Gasteiger partial charge in [-0.15, -0.1) is 0 Å². The van der Waals surface area contributed by atoms with Crippen molar-refractivity contribution in [3.05, 3.63) is 29.0 Å². The Labute approximate surface area is 152 Å². The van der Waals surface area contributed by atoms with Crippen molar-refractivity contribution in [3.8, 4) is 11.5 Å². The molecule has 0 bridgehead atoms. The zero-order chi connectivity index (χ0) is 18.6. The fraction of sp³-hybridized carbons (Fsp3) is 0.471. The normalized spacial score (nSPS) is 12.7. The highest BCUT2D eigenvalue weighted by atomic mass is 35.5. The summed E-state index contributed by atoms with van der Waals surface area (Å²) in [4.78, 5) is 16.4. The van der Waals surface area contributed by atoms with Crippen LogP contribution in [0.2, 0.25) is 5.02 Å². The van der Waals surface area contributed by atoms with Gasteiger partial charge in [0.25, 0.3) is 5.89 Å². The van der Waals surface area contributed by atoms with Gasteiger partial charge in [-0.05, 0) is 52.9 Å². The molecule has 0 aliphatic heterocycles. The van der Waals surface area contributed by atoms with Crippen molar-refractivity contribution in [3.63, 3.8) is 0 Å². The third kappa shape index (κ3) is 5.72. The molecule has 0 radical (unpaired) electrons. The number of benzene rings is 1. The molecule has 0 saturated heterocycles. The molecule has 7 nitrogen and oxygen atoms in total. The van der Waals surface area contributed by atoms with Gasteiger partial charge in [0.2, 0.25) is 0 Å². The van der Waals surface area contributed by atoms with E-state index in [-0.39, 0.29) is 17.6 Å². The van der Waals surface area contributed by atoms with Gasteiger partial charge >= 0.3 is 6.03 Å². The summed E-state index contributed by atoms with van der Waals surface area (Å²) in [6.07, 6.45) is 0.642. The number of rotatable bonds is 5. The predicted molar refractivity (Wildman–Crippen MR) is 98.9 cm³/mol. The molecule has 0 spiro atoms. The van der Waals surface area contributed by atoms with Crippen molar-refractivity contribution >= 4 is 23.3 Å². The predicted octanol–water partition coefficient (Wildman–Crippen LogP) is 3.46. The number of carbonyl (C=O) groups excluding carboxylic acids is 1. The summed E-state index contributed by atoms with van der Waals surface area (Å²) in [5, 5.41) is 13.2. The summed E-state index contributed by atoms with van der Waals surface area (Å²) in [7, 11) is 1.88. The van der Waals surface area contributed by atoms with Crippen LogP contribution in [-0.2, 0) is 6.42 Å². The maximum atomic E-state index is 12.0. The second-order valence-electron chi connectivity index (χ2n) is 6.93. The van der Waals surface area contributed by atoms with Crippen LogP contribution in [0.1, 0.15) is 33.5 Å². The molecule has 2 rings (SSSR count). The quantitative estimate of drug-likeness (QED) is 0.754. The Morgan fingerprint density at radius 2 is 2.08 bits per heavy atom. The number of amides is 2. The molecule has 0 aliphatic rings. The van der Waals surface area contributed by atoms with E-state index in [1.165, 1.54) is 0 Å². The first-order valence-electron chi connectivity index (χ1n) is 8.07. The summed E-state index contributed by atoms with van der Waals surface area (Å²) < 4.78 is 5.32. The average molecular weight is 366 g/mol. The first kappa shape index (κ1) is 19.2. The van der Waals surface area contributed by atoms with Gasteiger partial charge in [-0.2, -0.15) is 4.98 Å². The lowest BCUT2D eigenvalue weighted by atomic mass is 10.1. The molecule has 2 aromatic rings. The monoisotopic (exact) mass is 365 g/mol. The van der Waals surface area contributed by atoms with E-state index >= 15 is 0 Å². The second-order valence-corrected chi connectivity index (χ2v) is 7.34. The lowest BCUT2D eigenvalue weighted by Crippen LogP contribution is -2.43. The van der Waals surface area contributed by atoms with Gasteiger partial charge in [0, 0.05) is 23.7 Å². The van der Waals surface area contributed by atoms with E-state index in [0.717, 1.165) is 0 Å². The van der Waals surface area contributed by atoms with Crippen molar-refractivity contribution in [2.75, 3.05) is 12.4 Å². The summed E-state index contributed by atoms with van der Waals surface area (Å²) in [5.41, 5.74) is 0.834. The Hall–Kier alpha value is -2.12. The van der Waals surface area contributed by atoms with E-state index in [1.54, 1.807) is 18.2 Å². The largest absolute Gasteiger partial charge is 0.334 e. The molecule has 0 fully saturated rings. The number of urea groups is 1. The summed E-state index contributed by atoms with van der Waals surface area (Å²) >= 11 is 6.25. The van der Waals surface area contributed by atoms with E-state index in [9.17, 15) is 4.79 Å². The first-order chi connectivity index (χ1) is 11.7. The molecule has 8 heteroatoms. The number of anilines is 1. The third-order valence-electron chi connectivity index (χ3n) is 3.39. The minimum Gasteiger partial charge on any atom is -0.334 e. The summed E-state index contributed by atoms with van der Waals surface area (Å²) in [5.74, 6) is 0.917. The van der Waals surface area contributed by atoms with Crippen LogP contribution in [-0.4, -0.2) is 34.8 Å². The Morgan fingerprint density at radius 3 is 2.72 bits per heavy atom. The van der Waals surface area contributed by atoms with E-state index in [1.807, 2.05) is 34.7 Å². The lowest BCUT2D eigenvalue weighted by Gasteiger charge is -2.20. The van der Waals surface area contributed by atoms with Crippen LogP contribution in [0.3, 0.4) is 0 Å². The number of aromatic nitrogens is 2. The second kappa shape index (κ2) is 7.84. The molecule has 1 atom stereocenters. The smallest absolute Gasteiger partial charge is 0.319 e. The molecule has 0 saturated carbocycles. The highest BCUT2D eigenvalue weighted by Crippen LogP contribution is 2.29. The van der Waals surface area contributed by atoms with Crippen molar-refractivity contribution in [1.82, 2.24) is 20.8 Å². The van der Waals surface area contributed by atoms with Crippen LogP contribution < -0.4 is 16.0 Å². The van der Waals surface area contributed by atoms with Gasteiger partial charge in [-0.1, -0.05) is 16.8 Å². The van der Waals surface area contributed by atoms with E-state index in [2.05, 4.69) is 26.1 Å². The van der Waals surface area contributed by atoms with Crippen molar-refractivity contribution in [1.29, 1.82) is 0 Å². The van der Waals surface area contributed by atoms with Gasteiger partial charge in [-0.3, -0.25) is 0 Å². The maximum absolute atomic E-state index is 12.0. The molecular formula is C17H24ClN5O2. The number of carbonyl (C=O) groups is 1. The number of halogens is 1. The number of likely N-dealkylation sites (N-methyl/N-ethyl adjacent to an activating group) is 1. The highest BCUT2D eigenvalue weighted by molar-refractivity contribution is 6.33. The van der Waals surface area contributed by atoms with Crippen LogP contribution in [0.25, 0.3) is 11.5 Å². The van der Waals surface area contributed by atoms with Gasteiger partial charge in [0.05, 0.1) is 10.6 Å². The topological polar surface area (TPSA) is 92.1 Å². The fourth-order valence-corrected chi connectivity index (χ4v) is 2.29. The van der Waals surface area contributed by atoms with Crippen LogP contribution in [0.15, 0.2) is 22.7 Å². The van der Waals surface area contributed by atoms with Gasteiger partial charge in [-0.25, -0.2) is 4.79 Å². The fourth-order valence-electron chi connectivity index (χ4n) is 2.09. The lowest BCUT2D eigenvalue weighted by molar-refractivity contribution is 0.244. The zero-order valence-electron chi connectivity index (χ0n) is 15.1. The average Bonchev–Trinajstić information content (AvgIpc) is 2.95. The van der Waals surface area contributed by atoms with Crippen molar-refractivity contribution in [2.24, 2.45) is 0 Å². The Kier molecular flexibility index (Phi) is 6.02. The first-order valence-corrected chi connectivity index (χ1v) is 8.44. The molecule has 1 unspecified atom stereocenters. The number of hydrogen-bond donors (Lipinski definition) is 3.